The van der Waals surface area contributed by atoms with Crippen LogP contribution in [-0.4, -0.2) is 18.0 Å². The van der Waals surface area contributed by atoms with Gasteiger partial charge in [-0.25, -0.2) is 4.98 Å². The summed E-state index contributed by atoms with van der Waals surface area (Å²) in [4.78, 5) is 16.7. The van der Waals surface area contributed by atoms with Crippen molar-refractivity contribution in [1.82, 2.24) is 4.98 Å². The Balaban J connectivity index is 1.74. The second-order valence-electron chi connectivity index (χ2n) is 5.75. The highest BCUT2D eigenvalue weighted by Gasteiger charge is 2.12. The first-order valence-corrected chi connectivity index (χ1v) is 8.25. The molecule has 0 bridgehead atoms. The molecule has 1 N–H and O–H groups in total. The fourth-order valence-corrected chi connectivity index (χ4v) is 2.47. The number of rotatable bonds is 6. The molecule has 0 atom stereocenters. The topological polar surface area (TPSA) is 60.5 Å². The lowest BCUT2D eigenvalue weighted by molar-refractivity contribution is 0.102. The molecule has 1 aromatic heterocycles. The molecule has 132 valence electrons. The summed E-state index contributed by atoms with van der Waals surface area (Å²) >= 11 is 0. The van der Waals surface area contributed by atoms with Crippen molar-refractivity contribution >= 4 is 11.7 Å². The van der Waals surface area contributed by atoms with E-state index in [1.54, 1.807) is 49.7 Å². The quantitative estimate of drug-likeness (QED) is 0.724. The molecule has 3 aromatic rings. The Morgan fingerprint density at radius 1 is 1.08 bits per heavy atom. The minimum absolute atomic E-state index is 0.275. The average molecular weight is 348 g/mol. The van der Waals surface area contributed by atoms with Gasteiger partial charge in [0.2, 0.25) is 0 Å². The van der Waals surface area contributed by atoms with E-state index in [-0.39, 0.29) is 5.91 Å². The van der Waals surface area contributed by atoms with Crippen molar-refractivity contribution in [3.05, 3.63) is 83.6 Å². The highest BCUT2D eigenvalue weighted by Crippen LogP contribution is 2.24. The van der Waals surface area contributed by atoms with Crippen molar-refractivity contribution in [3.8, 4) is 11.5 Å². The number of carbonyl (C=O) groups is 1. The number of methoxy groups -OCH3 is 1. The van der Waals surface area contributed by atoms with E-state index in [1.165, 1.54) is 0 Å². The number of carbonyl (C=O) groups excluding carboxylic acids is 1. The third-order valence-corrected chi connectivity index (χ3v) is 3.98. The maximum absolute atomic E-state index is 12.5. The first kappa shape index (κ1) is 17.5. The molecule has 5 nitrogen and oxygen atoms in total. The van der Waals surface area contributed by atoms with E-state index in [2.05, 4.69) is 10.3 Å². The van der Waals surface area contributed by atoms with Gasteiger partial charge in [0.1, 0.15) is 12.4 Å². The SMILES string of the molecule is COc1cccc(C(=O)Nc2ncccc2OCc2ccccc2C)c1. The molecule has 0 unspecified atom stereocenters. The first-order valence-electron chi connectivity index (χ1n) is 8.25. The molecule has 0 radical (unpaired) electrons. The van der Waals surface area contributed by atoms with Gasteiger partial charge in [0, 0.05) is 11.8 Å². The zero-order chi connectivity index (χ0) is 18.4. The van der Waals surface area contributed by atoms with E-state index < -0.39 is 0 Å². The Hall–Kier alpha value is -3.34. The number of benzene rings is 2. The molecule has 5 heteroatoms. The molecule has 0 aliphatic rings. The molecule has 0 saturated carbocycles. The highest BCUT2D eigenvalue weighted by molar-refractivity contribution is 6.04. The summed E-state index contributed by atoms with van der Waals surface area (Å²) in [6.45, 7) is 2.44. The Bertz CT molecular complexity index is 909. The van der Waals surface area contributed by atoms with Gasteiger partial charge in [-0.3, -0.25) is 4.79 Å². The van der Waals surface area contributed by atoms with E-state index in [4.69, 9.17) is 9.47 Å². The fourth-order valence-electron chi connectivity index (χ4n) is 2.47. The van der Waals surface area contributed by atoms with Crippen LogP contribution in [0.2, 0.25) is 0 Å². The third kappa shape index (κ3) is 4.19. The van der Waals surface area contributed by atoms with E-state index in [1.807, 2.05) is 31.2 Å². The lowest BCUT2D eigenvalue weighted by Crippen LogP contribution is -2.14. The van der Waals surface area contributed by atoms with Crippen molar-refractivity contribution in [2.24, 2.45) is 0 Å². The summed E-state index contributed by atoms with van der Waals surface area (Å²) < 4.78 is 11.0. The van der Waals surface area contributed by atoms with Gasteiger partial charge >= 0.3 is 0 Å². The van der Waals surface area contributed by atoms with Gasteiger partial charge < -0.3 is 14.8 Å². The van der Waals surface area contributed by atoms with E-state index in [0.717, 1.165) is 11.1 Å². The average Bonchev–Trinajstić information content (AvgIpc) is 2.68. The Morgan fingerprint density at radius 3 is 2.73 bits per heavy atom. The Kier molecular flexibility index (Phi) is 5.49. The number of ether oxygens (including phenoxy) is 2. The summed E-state index contributed by atoms with van der Waals surface area (Å²) in [6, 6.07) is 18.5. The van der Waals surface area contributed by atoms with Gasteiger partial charge in [-0.1, -0.05) is 30.3 Å². The number of anilines is 1. The monoisotopic (exact) mass is 348 g/mol. The standard InChI is InChI=1S/C21H20N2O3/c1-15-7-3-4-8-17(15)14-26-19-11-6-12-22-20(19)23-21(24)16-9-5-10-18(13-16)25-2/h3-13H,14H2,1-2H3,(H,22,23,24). The fraction of sp³-hybridized carbons (Fsp3) is 0.143. The van der Waals surface area contributed by atoms with E-state index in [9.17, 15) is 4.79 Å². The number of nitrogens with zero attached hydrogens (tertiary/aromatic N) is 1. The molecular weight excluding hydrogens is 328 g/mol. The molecule has 26 heavy (non-hydrogen) atoms. The molecule has 0 saturated heterocycles. The summed E-state index contributed by atoms with van der Waals surface area (Å²) in [5, 5.41) is 2.80. The minimum atomic E-state index is -0.275. The zero-order valence-corrected chi connectivity index (χ0v) is 14.7. The van der Waals surface area contributed by atoms with Gasteiger partial charge in [-0.2, -0.15) is 0 Å². The van der Waals surface area contributed by atoms with Gasteiger partial charge in [-0.05, 0) is 48.4 Å². The predicted molar refractivity (Wildman–Crippen MR) is 101 cm³/mol. The summed E-state index contributed by atoms with van der Waals surface area (Å²) in [7, 11) is 1.56. The highest BCUT2D eigenvalue weighted by atomic mass is 16.5. The van der Waals surface area contributed by atoms with Crippen LogP contribution >= 0.6 is 0 Å². The lowest BCUT2D eigenvalue weighted by atomic mass is 10.1. The van der Waals surface area contributed by atoms with Crippen molar-refractivity contribution in [3.63, 3.8) is 0 Å². The smallest absolute Gasteiger partial charge is 0.257 e. The largest absolute Gasteiger partial charge is 0.497 e. The minimum Gasteiger partial charge on any atom is -0.497 e. The molecular formula is C21H20N2O3. The van der Waals surface area contributed by atoms with Crippen LogP contribution in [-0.2, 0) is 6.61 Å². The molecule has 0 spiro atoms. The first-order chi connectivity index (χ1) is 12.7. The molecule has 0 fully saturated rings. The number of nitrogens with one attached hydrogen (secondary N) is 1. The zero-order valence-electron chi connectivity index (χ0n) is 14.7. The summed E-state index contributed by atoms with van der Waals surface area (Å²) in [5.41, 5.74) is 2.72. The van der Waals surface area contributed by atoms with Crippen LogP contribution in [0.4, 0.5) is 5.82 Å². The van der Waals surface area contributed by atoms with Gasteiger partial charge in [0.25, 0.3) is 5.91 Å². The van der Waals surface area contributed by atoms with Crippen molar-refractivity contribution in [1.29, 1.82) is 0 Å². The van der Waals surface area contributed by atoms with Crippen LogP contribution in [0, 0.1) is 6.92 Å². The van der Waals surface area contributed by atoms with Gasteiger partial charge in [-0.15, -0.1) is 0 Å². The Morgan fingerprint density at radius 2 is 1.92 bits per heavy atom. The second-order valence-corrected chi connectivity index (χ2v) is 5.75. The van der Waals surface area contributed by atoms with Crippen molar-refractivity contribution in [2.45, 2.75) is 13.5 Å². The number of aromatic nitrogens is 1. The summed E-state index contributed by atoms with van der Waals surface area (Å²) in [5.74, 6) is 1.25. The number of aryl methyl sites for hydroxylation is 1. The summed E-state index contributed by atoms with van der Waals surface area (Å²) in [6.07, 6.45) is 1.61. The maximum Gasteiger partial charge on any atom is 0.257 e. The van der Waals surface area contributed by atoms with E-state index >= 15 is 0 Å². The number of pyridine rings is 1. The van der Waals surface area contributed by atoms with Crippen LogP contribution < -0.4 is 14.8 Å². The van der Waals surface area contributed by atoms with Crippen molar-refractivity contribution < 1.29 is 14.3 Å². The van der Waals surface area contributed by atoms with Gasteiger partial charge in [0.05, 0.1) is 7.11 Å². The van der Waals surface area contributed by atoms with Crippen LogP contribution in [0.25, 0.3) is 0 Å². The van der Waals surface area contributed by atoms with Gasteiger partial charge in [0.15, 0.2) is 11.6 Å². The van der Waals surface area contributed by atoms with Crippen LogP contribution in [0.3, 0.4) is 0 Å². The Labute approximate surface area is 152 Å². The molecule has 1 amide bonds. The van der Waals surface area contributed by atoms with E-state index in [0.29, 0.717) is 29.5 Å². The lowest BCUT2D eigenvalue weighted by Gasteiger charge is -2.13. The molecule has 0 aliphatic heterocycles. The van der Waals surface area contributed by atoms with Crippen LogP contribution in [0.5, 0.6) is 11.5 Å². The molecule has 3 rings (SSSR count). The molecule has 0 aliphatic carbocycles. The van der Waals surface area contributed by atoms with Crippen molar-refractivity contribution in [2.75, 3.05) is 12.4 Å². The number of hydrogen-bond acceptors (Lipinski definition) is 4. The maximum atomic E-state index is 12.5. The number of hydrogen-bond donors (Lipinski definition) is 1. The molecule has 2 aromatic carbocycles. The third-order valence-electron chi connectivity index (χ3n) is 3.98. The molecule has 1 heterocycles. The predicted octanol–water partition coefficient (Wildman–Crippen LogP) is 4.23. The second kappa shape index (κ2) is 8.16. The number of amides is 1. The van der Waals surface area contributed by atoms with Crippen LogP contribution in [0.1, 0.15) is 21.5 Å². The normalized spacial score (nSPS) is 10.2. The van der Waals surface area contributed by atoms with Crippen LogP contribution in [0.15, 0.2) is 66.9 Å².